The zero-order chi connectivity index (χ0) is 21.7. The Morgan fingerprint density at radius 3 is 1.77 bits per heavy atom. The van der Waals surface area contributed by atoms with Crippen LogP contribution in [0.2, 0.25) is 0 Å². The van der Waals surface area contributed by atoms with Gasteiger partial charge in [-0.2, -0.15) is 0 Å². The van der Waals surface area contributed by atoms with Crippen molar-refractivity contribution in [2.75, 3.05) is 0 Å². The molecule has 4 nitrogen and oxygen atoms in total. The maximum absolute atomic E-state index is 14.7. The molecular weight excluding hydrogens is 383 g/mol. The maximum atomic E-state index is 14.7. The molecule has 0 aromatic heterocycles. The van der Waals surface area contributed by atoms with Gasteiger partial charge in [0.25, 0.3) is 0 Å². The van der Waals surface area contributed by atoms with Gasteiger partial charge in [-0.25, -0.2) is 4.39 Å². The van der Waals surface area contributed by atoms with Gasteiger partial charge in [-0.1, -0.05) is 43.3 Å². The summed E-state index contributed by atoms with van der Waals surface area (Å²) in [6.07, 6.45) is 0.624. The van der Waals surface area contributed by atoms with Gasteiger partial charge in [0, 0.05) is 6.42 Å². The summed E-state index contributed by atoms with van der Waals surface area (Å²) in [6.45, 7) is 1.98. The molecule has 30 heavy (non-hydrogen) atoms. The number of carboxylic acids is 1. The van der Waals surface area contributed by atoms with Crippen molar-refractivity contribution < 1.29 is 24.5 Å². The first-order valence-corrected chi connectivity index (χ1v) is 9.71. The predicted octanol–water partition coefficient (Wildman–Crippen LogP) is 5.62. The Morgan fingerprint density at radius 1 is 0.833 bits per heavy atom. The van der Waals surface area contributed by atoms with E-state index >= 15 is 0 Å². The largest absolute Gasteiger partial charge is 0.508 e. The highest BCUT2D eigenvalue weighted by atomic mass is 19.1. The highest BCUT2D eigenvalue weighted by Crippen LogP contribution is 2.36. The number of carboxylic acid groups (broad SMARTS) is 1. The molecule has 3 N–H and O–H groups in total. The molecule has 0 heterocycles. The van der Waals surface area contributed by atoms with Crippen molar-refractivity contribution in [3.63, 3.8) is 0 Å². The standard InChI is InChI=1S/C25H23FO4/c1-2-22(19-4-3-16(23(26)15-19)9-14-24(29)30)25(17-5-10-20(27)11-6-17)18-7-12-21(28)13-8-18/h3-8,10-13,15,27-28H,2,9,14H2,1H3,(H,29,30). The number of aliphatic carboxylic acids is 1. The molecule has 0 fully saturated rings. The van der Waals surface area contributed by atoms with E-state index in [2.05, 4.69) is 0 Å². The number of phenols is 2. The summed E-state index contributed by atoms with van der Waals surface area (Å²) in [6, 6.07) is 18.4. The third-order valence-electron chi connectivity index (χ3n) is 4.98. The lowest BCUT2D eigenvalue weighted by Crippen LogP contribution is -2.01. The minimum Gasteiger partial charge on any atom is -0.508 e. The van der Waals surface area contributed by atoms with Crippen LogP contribution >= 0.6 is 0 Å². The zero-order valence-electron chi connectivity index (χ0n) is 16.6. The number of aryl methyl sites for hydroxylation is 1. The monoisotopic (exact) mass is 406 g/mol. The summed E-state index contributed by atoms with van der Waals surface area (Å²) in [5.41, 5.74) is 4.54. The van der Waals surface area contributed by atoms with E-state index in [9.17, 15) is 19.4 Å². The number of halogens is 1. The Kier molecular flexibility index (Phi) is 6.52. The summed E-state index contributed by atoms with van der Waals surface area (Å²) in [4.78, 5) is 10.8. The van der Waals surface area contributed by atoms with Crippen molar-refractivity contribution in [2.45, 2.75) is 26.2 Å². The first kappa shape index (κ1) is 21.1. The van der Waals surface area contributed by atoms with Gasteiger partial charge in [-0.15, -0.1) is 0 Å². The van der Waals surface area contributed by atoms with Gasteiger partial charge in [-0.3, -0.25) is 4.79 Å². The van der Waals surface area contributed by atoms with E-state index < -0.39 is 11.8 Å². The maximum Gasteiger partial charge on any atom is 0.303 e. The summed E-state index contributed by atoms with van der Waals surface area (Å²) < 4.78 is 14.7. The Labute approximate surface area is 174 Å². The molecule has 0 radical (unpaired) electrons. The van der Waals surface area contributed by atoms with Gasteiger partial charge in [0.2, 0.25) is 0 Å². The average Bonchev–Trinajstić information content (AvgIpc) is 2.73. The predicted molar refractivity (Wildman–Crippen MR) is 115 cm³/mol. The second-order valence-corrected chi connectivity index (χ2v) is 7.00. The van der Waals surface area contributed by atoms with E-state index in [0.29, 0.717) is 17.5 Å². The van der Waals surface area contributed by atoms with Crippen molar-refractivity contribution in [1.82, 2.24) is 0 Å². The molecule has 5 heteroatoms. The Morgan fingerprint density at radius 2 is 1.33 bits per heavy atom. The summed E-state index contributed by atoms with van der Waals surface area (Å²) in [5.74, 6) is -1.10. The van der Waals surface area contributed by atoms with Crippen molar-refractivity contribution >= 4 is 17.1 Å². The summed E-state index contributed by atoms with van der Waals surface area (Å²) >= 11 is 0. The number of hydrogen-bond donors (Lipinski definition) is 3. The van der Waals surface area contributed by atoms with Gasteiger partial charge in [0.15, 0.2) is 0 Å². The molecule has 0 aliphatic heterocycles. The molecule has 0 saturated heterocycles. The number of allylic oxidation sites excluding steroid dienone is 1. The van der Waals surface area contributed by atoms with E-state index in [1.165, 1.54) is 6.07 Å². The minimum atomic E-state index is -0.963. The summed E-state index contributed by atoms with van der Waals surface area (Å²) in [5, 5.41) is 28.2. The van der Waals surface area contributed by atoms with E-state index in [4.69, 9.17) is 5.11 Å². The van der Waals surface area contributed by atoms with Crippen LogP contribution in [0.3, 0.4) is 0 Å². The summed E-state index contributed by atoms with van der Waals surface area (Å²) in [7, 11) is 0. The second kappa shape index (κ2) is 9.27. The molecule has 0 bridgehead atoms. The van der Waals surface area contributed by atoms with Crippen molar-refractivity contribution in [3.8, 4) is 11.5 Å². The molecule has 3 aromatic rings. The lowest BCUT2D eigenvalue weighted by atomic mass is 9.87. The normalized spacial score (nSPS) is 10.6. The van der Waals surface area contributed by atoms with E-state index in [-0.39, 0.29) is 24.3 Å². The number of hydrogen-bond acceptors (Lipinski definition) is 3. The Hall–Kier alpha value is -3.60. The molecule has 3 rings (SSSR count). The molecule has 3 aromatic carbocycles. The highest BCUT2D eigenvalue weighted by molar-refractivity contribution is 5.98. The molecule has 0 amide bonds. The van der Waals surface area contributed by atoms with Crippen molar-refractivity contribution in [2.24, 2.45) is 0 Å². The average molecular weight is 406 g/mol. The van der Waals surface area contributed by atoms with Gasteiger partial charge in [0.1, 0.15) is 17.3 Å². The first-order chi connectivity index (χ1) is 14.4. The van der Waals surface area contributed by atoms with E-state index in [0.717, 1.165) is 22.3 Å². The van der Waals surface area contributed by atoms with Crippen LogP contribution in [-0.4, -0.2) is 21.3 Å². The quantitative estimate of drug-likeness (QED) is 0.445. The van der Waals surface area contributed by atoms with Crippen LogP contribution in [0.4, 0.5) is 4.39 Å². The van der Waals surface area contributed by atoms with Crippen molar-refractivity contribution in [3.05, 3.63) is 94.8 Å². The van der Waals surface area contributed by atoms with Gasteiger partial charge < -0.3 is 15.3 Å². The molecular formula is C25H23FO4. The van der Waals surface area contributed by atoms with Gasteiger partial charge >= 0.3 is 5.97 Å². The van der Waals surface area contributed by atoms with Crippen LogP contribution < -0.4 is 0 Å². The number of benzene rings is 3. The minimum absolute atomic E-state index is 0.126. The number of carbonyl (C=O) groups is 1. The highest BCUT2D eigenvalue weighted by Gasteiger charge is 2.15. The smallest absolute Gasteiger partial charge is 0.303 e. The number of phenolic OH excluding ortho intramolecular Hbond substituents is 2. The van der Waals surface area contributed by atoms with Crippen LogP contribution in [0.5, 0.6) is 11.5 Å². The molecule has 0 unspecified atom stereocenters. The lowest BCUT2D eigenvalue weighted by molar-refractivity contribution is -0.136. The molecule has 154 valence electrons. The number of rotatable bonds is 7. The Bertz CT molecular complexity index is 1020. The van der Waals surface area contributed by atoms with Crippen LogP contribution in [0.15, 0.2) is 66.7 Å². The van der Waals surface area contributed by atoms with Gasteiger partial charge in [0.05, 0.1) is 0 Å². The fourth-order valence-electron chi connectivity index (χ4n) is 3.48. The third kappa shape index (κ3) is 4.87. The zero-order valence-corrected chi connectivity index (χ0v) is 16.6. The third-order valence-corrected chi connectivity index (χ3v) is 4.98. The van der Waals surface area contributed by atoms with Gasteiger partial charge in [-0.05, 0) is 76.6 Å². The molecule has 0 aliphatic carbocycles. The number of aromatic hydroxyl groups is 2. The van der Waals surface area contributed by atoms with E-state index in [1.807, 2.05) is 6.92 Å². The lowest BCUT2D eigenvalue weighted by Gasteiger charge is -2.17. The Balaban J connectivity index is 2.15. The fraction of sp³-hybridized carbons (Fsp3) is 0.160. The molecule has 0 aliphatic rings. The fourth-order valence-corrected chi connectivity index (χ4v) is 3.48. The first-order valence-electron chi connectivity index (χ1n) is 9.71. The van der Waals surface area contributed by atoms with Crippen molar-refractivity contribution in [1.29, 1.82) is 0 Å². The van der Waals surface area contributed by atoms with Crippen LogP contribution in [0, 0.1) is 5.82 Å². The molecule has 0 atom stereocenters. The van der Waals surface area contributed by atoms with Crippen LogP contribution in [0.1, 0.15) is 42.0 Å². The SMILES string of the molecule is CCC(=C(c1ccc(O)cc1)c1ccc(O)cc1)c1ccc(CCC(=O)O)c(F)c1. The van der Waals surface area contributed by atoms with E-state index in [1.54, 1.807) is 60.7 Å². The topological polar surface area (TPSA) is 77.8 Å². The second-order valence-electron chi connectivity index (χ2n) is 7.00. The van der Waals surface area contributed by atoms with Crippen LogP contribution in [0.25, 0.3) is 11.1 Å². The molecule has 0 saturated carbocycles. The molecule has 0 spiro atoms. The van der Waals surface area contributed by atoms with Crippen LogP contribution in [-0.2, 0) is 11.2 Å².